The normalized spacial score (nSPS) is 23.2. The molecule has 1 aliphatic heterocycles. The van der Waals surface area contributed by atoms with E-state index in [0.29, 0.717) is 13.2 Å². The maximum Gasteiger partial charge on any atom is 0.240 e. The SMILES string of the molecule is CN(CCOCC1CC1)C(=O)C1CSCN1.Cl. The van der Waals surface area contributed by atoms with Gasteiger partial charge in [0.25, 0.3) is 0 Å². The van der Waals surface area contributed by atoms with Crippen LogP contribution < -0.4 is 5.32 Å². The van der Waals surface area contributed by atoms with E-state index >= 15 is 0 Å². The Kier molecular flexibility index (Phi) is 6.62. The number of halogens is 1. The van der Waals surface area contributed by atoms with Crippen molar-refractivity contribution in [2.45, 2.75) is 18.9 Å². The van der Waals surface area contributed by atoms with Crippen molar-refractivity contribution in [3.05, 3.63) is 0 Å². The number of hydrogen-bond donors (Lipinski definition) is 1. The first kappa shape index (κ1) is 15.1. The summed E-state index contributed by atoms with van der Waals surface area (Å²) in [5.41, 5.74) is 0. The van der Waals surface area contributed by atoms with E-state index in [0.717, 1.165) is 24.2 Å². The average molecular weight is 281 g/mol. The van der Waals surface area contributed by atoms with Crippen LogP contribution in [0.25, 0.3) is 0 Å². The predicted octanol–water partition coefficient (Wildman–Crippen LogP) is 0.956. The van der Waals surface area contributed by atoms with Crippen LogP contribution in [0.5, 0.6) is 0 Å². The van der Waals surface area contributed by atoms with Crippen molar-refractivity contribution in [1.82, 2.24) is 10.2 Å². The molecular formula is C11H21ClN2O2S. The highest BCUT2D eigenvalue weighted by atomic mass is 35.5. The van der Waals surface area contributed by atoms with Crippen molar-refractivity contribution >= 4 is 30.1 Å². The first-order valence-electron chi connectivity index (χ1n) is 5.91. The van der Waals surface area contributed by atoms with Gasteiger partial charge in [-0.15, -0.1) is 24.2 Å². The second kappa shape index (κ2) is 7.46. The molecule has 4 nitrogen and oxygen atoms in total. The lowest BCUT2D eigenvalue weighted by atomic mass is 10.3. The molecule has 6 heteroatoms. The summed E-state index contributed by atoms with van der Waals surface area (Å²) in [6.07, 6.45) is 2.63. The van der Waals surface area contributed by atoms with Crippen LogP contribution in [0.4, 0.5) is 0 Å². The zero-order valence-corrected chi connectivity index (χ0v) is 11.8. The number of rotatable bonds is 6. The molecule has 2 fully saturated rings. The van der Waals surface area contributed by atoms with Crippen LogP contribution in [0.1, 0.15) is 12.8 Å². The minimum atomic E-state index is 0. The summed E-state index contributed by atoms with van der Waals surface area (Å²) < 4.78 is 5.52. The topological polar surface area (TPSA) is 41.6 Å². The van der Waals surface area contributed by atoms with E-state index in [1.807, 2.05) is 7.05 Å². The summed E-state index contributed by atoms with van der Waals surface area (Å²) in [4.78, 5) is 13.7. The summed E-state index contributed by atoms with van der Waals surface area (Å²) in [6, 6.07) is 0.0124. The Morgan fingerprint density at radius 2 is 2.29 bits per heavy atom. The van der Waals surface area contributed by atoms with Crippen molar-refractivity contribution in [1.29, 1.82) is 0 Å². The van der Waals surface area contributed by atoms with Gasteiger partial charge in [0.15, 0.2) is 0 Å². The van der Waals surface area contributed by atoms with Crippen LogP contribution in [-0.4, -0.2) is 55.3 Å². The monoisotopic (exact) mass is 280 g/mol. The average Bonchev–Trinajstić information content (AvgIpc) is 2.95. The molecule has 0 bridgehead atoms. The fraction of sp³-hybridized carbons (Fsp3) is 0.909. The molecule has 17 heavy (non-hydrogen) atoms. The van der Waals surface area contributed by atoms with Gasteiger partial charge in [-0.3, -0.25) is 10.1 Å². The van der Waals surface area contributed by atoms with Crippen LogP contribution >= 0.6 is 24.2 Å². The Morgan fingerprint density at radius 3 is 2.88 bits per heavy atom. The van der Waals surface area contributed by atoms with Gasteiger partial charge in [-0.05, 0) is 18.8 Å². The minimum absolute atomic E-state index is 0. The molecule has 1 saturated heterocycles. The van der Waals surface area contributed by atoms with E-state index in [4.69, 9.17) is 4.74 Å². The number of thioether (sulfide) groups is 1. The molecule has 1 amide bonds. The number of nitrogens with one attached hydrogen (secondary N) is 1. The molecule has 1 heterocycles. The van der Waals surface area contributed by atoms with E-state index in [1.54, 1.807) is 16.7 Å². The number of carbonyl (C=O) groups is 1. The van der Waals surface area contributed by atoms with Gasteiger partial charge in [-0.25, -0.2) is 0 Å². The molecule has 0 aromatic rings. The molecule has 2 rings (SSSR count). The Hall–Kier alpha value is 0.0300. The zero-order valence-electron chi connectivity index (χ0n) is 10.2. The van der Waals surface area contributed by atoms with Crippen molar-refractivity contribution in [3.63, 3.8) is 0 Å². The van der Waals surface area contributed by atoms with Crippen molar-refractivity contribution < 1.29 is 9.53 Å². The minimum Gasteiger partial charge on any atom is -0.379 e. The number of amides is 1. The quantitative estimate of drug-likeness (QED) is 0.736. The second-order valence-corrected chi connectivity index (χ2v) is 5.58. The smallest absolute Gasteiger partial charge is 0.240 e. The van der Waals surface area contributed by atoms with Gasteiger partial charge >= 0.3 is 0 Å². The van der Waals surface area contributed by atoms with Crippen LogP contribution in [0.3, 0.4) is 0 Å². The van der Waals surface area contributed by atoms with Gasteiger partial charge in [-0.2, -0.15) is 0 Å². The molecule has 1 unspecified atom stereocenters. The van der Waals surface area contributed by atoms with Crippen molar-refractivity contribution in [2.75, 3.05) is 38.4 Å². The highest BCUT2D eigenvalue weighted by molar-refractivity contribution is 7.99. The first-order chi connectivity index (χ1) is 7.77. The van der Waals surface area contributed by atoms with E-state index in [2.05, 4.69) is 5.32 Å². The van der Waals surface area contributed by atoms with Crippen molar-refractivity contribution in [2.24, 2.45) is 5.92 Å². The molecule has 1 aliphatic carbocycles. The molecule has 1 saturated carbocycles. The van der Waals surface area contributed by atoms with Gasteiger partial charge in [0.2, 0.25) is 5.91 Å². The largest absolute Gasteiger partial charge is 0.379 e. The molecule has 0 aromatic heterocycles. The van der Waals surface area contributed by atoms with Crippen LogP contribution in [0.15, 0.2) is 0 Å². The van der Waals surface area contributed by atoms with E-state index in [-0.39, 0.29) is 24.4 Å². The first-order valence-corrected chi connectivity index (χ1v) is 7.06. The third-order valence-corrected chi connectivity index (χ3v) is 3.95. The molecule has 1 atom stereocenters. The number of carbonyl (C=O) groups excluding carboxylic acids is 1. The summed E-state index contributed by atoms with van der Waals surface area (Å²) in [5.74, 6) is 2.78. The van der Waals surface area contributed by atoms with Gasteiger partial charge in [0.05, 0.1) is 12.6 Å². The zero-order chi connectivity index (χ0) is 11.4. The van der Waals surface area contributed by atoms with Gasteiger partial charge in [0.1, 0.15) is 0 Å². The number of nitrogens with zero attached hydrogens (tertiary/aromatic N) is 1. The lowest BCUT2D eigenvalue weighted by Crippen LogP contribution is -2.44. The van der Waals surface area contributed by atoms with Gasteiger partial charge in [-0.1, -0.05) is 0 Å². The molecule has 100 valence electrons. The third kappa shape index (κ3) is 5.04. The van der Waals surface area contributed by atoms with E-state index < -0.39 is 0 Å². The molecule has 2 aliphatic rings. The Balaban J connectivity index is 0.00000144. The lowest BCUT2D eigenvalue weighted by molar-refractivity contribution is -0.132. The third-order valence-electron chi connectivity index (χ3n) is 3.01. The molecule has 0 aromatic carbocycles. The maximum absolute atomic E-state index is 11.9. The van der Waals surface area contributed by atoms with Crippen LogP contribution in [-0.2, 0) is 9.53 Å². The summed E-state index contributed by atoms with van der Waals surface area (Å²) in [6.45, 7) is 2.24. The Bertz CT molecular complexity index is 246. The number of hydrogen-bond acceptors (Lipinski definition) is 4. The van der Waals surface area contributed by atoms with E-state index in [1.165, 1.54) is 12.8 Å². The molecule has 0 radical (unpaired) electrons. The van der Waals surface area contributed by atoms with Crippen LogP contribution in [0, 0.1) is 5.92 Å². The maximum atomic E-state index is 11.9. The molecule has 0 spiro atoms. The Labute approximate surface area is 113 Å². The fourth-order valence-corrected chi connectivity index (χ4v) is 2.60. The predicted molar refractivity (Wildman–Crippen MR) is 72.7 cm³/mol. The standard InChI is InChI=1S/C11H20N2O2S.ClH/c1-13(4-5-15-6-9-2-3-9)11(14)10-7-16-8-12-10;/h9-10,12H,2-8H2,1H3;1H. The lowest BCUT2D eigenvalue weighted by Gasteiger charge is -2.20. The highest BCUT2D eigenvalue weighted by Crippen LogP contribution is 2.28. The highest BCUT2D eigenvalue weighted by Gasteiger charge is 2.25. The fourth-order valence-electron chi connectivity index (χ4n) is 1.67. The van der Waals surface area contributed by atoms with E-state index in [9.17, 15) is 4.79 Å². The van der Waals surface area contributed by atoms with Crippen LogP contribution in [0.2, 0.25) is 0 Å². The van der Waals surface area contributed by atoms with Gasteiger partial charge in [0, 0.05) is 31.8 Å². The van der Waals surface area contributed by atoms with Crippen molar-refractivity contribution in [3.8, 4) is 0 Å². The second-order valence-electron chi connectivity index (χ2n) is 4.55. The Morgan fingerprint density at radius 1 is 1.53 bits per heavy atom. The summed E-state index contributed by atoms with van der Waals surface area (Å²) >= 11 is 1.78. The summed E-state index contributed by atoms with van der Waals surface area (Å²) in [5, 5.41) is 3.19. The summed E-state index contributed by atoms with van der Waals surface area (Å²) in [7, 11) is 1.85. The molecule has 1 N–H and O–H groups in total. The number of likely N-dealkylation sites (N-methyl/N-ethyl adjacent to an activating group) is 1. The number of ether oxygens (including phenoxy) is 1. The van der Waals surface area contributed by atoms with Gasteiger partial charge < -0.3 is 9.64 Å². The molecular weight excluding hydrogens is 260 g/mol.